The highest BCUT2D eigenvalue weighted by molar-refractivity contribution is 7.89. The first kappa shape index (κ1) is 23.9. The lowest BCUT2D eigenvalue weighted by molar-refractivity contribution is -0.118. The third-order valence-corrected chi connectivity index (χ3v) is 9.25. The Morgan fingerprint density at radius 1 is 0.838 bits per heavy atom. The van der Waals surface area contributed by atoms with Crippen LogP contribution < -0.4 is 15.1 Å². The average molecular weight is 519 g/mol. The van der Waals surface area contributed by atoms with Crippen LogP contribution in [0.25, 0.3) is 0 Å². The molecule has 0 aliphatic carbocycles. The summed E-state index contributed by atoms with van der Waals surface area (Å²) in [5.41, 5.74) is 5.81. The first-order valence-corrected chi connectivity index (χ1v) is 14.1. The van der Waals surface area contributed by atoms with E-state index in [-0.39, 0.29) is 5.91 Å². The number of amides is 1. The zero-order valence-corrected chi connectivity index (χ0v) is 21.9. The van der Waals surface area contributed by atoms with Gasteiger partial charge < -0.3 is 15.1 Å². The lowest BCUT2D eigenvalue weighted by Gasteiger charge is -2.35. The molecular formula is C27H30N6O3S. The molecule has 3 aliphatic rings. The normalized spacial score (nSPS) is 17.7. The Kier molecular flexibility index (Phi) is 5.88. The molecule has 9 nitrogen and oxygen atoms in total. The number of aryl methyl sites for hydroxylation is 3. The predicted octanol–water partition coefficient (Wildman–Crippen LogP) is 3.18. The SMILES string of the molecule is Cc1ccc(Nc2nc(C)cc(N3CCN(S(=O)(=O)c4cc5c6c(c4)CCN6C(=O)CC5)CC3)n2)cc1. The zero-order chi connectivity index (χ0) is 25.7. The van der Waals surface area contributed by atoms with Crippen molar-refractivity contribution in [2.45, 2.75) is 38.0 Å². The van der Waals surface area contributed by atoms with Crippen LogP contribution in [0.1, 0.15) is 28.8 Å². The van der Waals surface area contributed by atoms with E-state index in [4.69, 9.17) is 4.98 Å². The predicted molar refractivity (Wildman–Crippen MR) is 143 cm³/mol. The van der Waals surface area contributed by atoms with Gasteiger partial charge in [0.05, 0.1) is 10.6 Å². The summed E-state index contributed by atoms with van der Waals surface area (Å²) in [6.45, 7) is 6.46. The molecule has 0 radical (unpaired) electrons. The average Bonchev–Trinajstić information content (AvgIpc) is 3.33. The fraction of sp³-hybridized carbons (Fsp3) is 0.370. The van der Waals surface area contributed by atoms with Crippen molar-refractivity contribution in [3.8, 4) is 0 Å². The van der Waals surface area contributed by atoms with Crippen molar-refractivity contribution in [3.63, 3.8) is 0 Å². The smallest absolute Gasteiger partial charge is 0.243 e. The molecule has 0 spiro atoms. The largest absolute Gasteiger partial charge is 0.354 e. The van der Waals surface area contributed by atoms with Crippen molar-refractivity contribution >= 4 is 39.1 Å². The van der Waals surface area contributed by atoms with Crippen LogP contribution in [0.3, 0.4) is 0 Å². The van der Waals surface area contributed by atoms with E-state index in [1.165, 1.54) is 5.56 Å². The minimum absolute atomic E-state index is 0.134. The van der Waals surface area contributed by atoms with Crippen molar-refractivity contribution in [1.29, 1.82) is 0 Å². The number of anilines is 4. The Balaban J connectivity index is 1.18. The molecule has 1 N–H and O–H groups in total. The number of carbonyl (C=O) groups excluding carboxylic acids is 1. The minimum atomic E-state index is -3.63. The van der Waals surface area contributed by atoms with E-state index < -0.39 is 10.0 Å². The van der Waals surface area contributed by atoms with Gasteiger partial charge in [0, 0.05) is 56.6 Å². The lowest BCUT2D eigenvalue weighted by Crippen LogP contribution is -2.49. The summed E-state index contributed by atoms with van der Waals surface area (Å²) in [4.78, 5) is 25.7. The van der Waals surface area contributed by atoms with Crippen LogP contribution in [0, 0.1) is 13.8 Å². The van der Waals surface area contributed by atoms with Gasteiger partial charge in [0.25, 0.3) is 0 Å². The van der Waals surface area contributed by atoms with Gasteiger partial charge in [-0.2, -0.15) is 9.29 Å². The van der Waals surface area contributed by atoms with Crippen molar-refractivity contribution < 1.29 is 13.2 Å². The fourth-order valence-electron chi connectivity index (χ4n) is 5.42. The van der Waals surface area contributed by atoms with Crippen molar-refractivity contribution in [2.24, 2.45) is 0 Å². The van der Waals surface area contributed by atoms with Crippen LogP contribution in [-0.2, 0) is 27.7 Å². The Morgan fingerprint density at radius 2 is 1.54 bits per heavy atom. The fourth-order valence-corrected chi connectivity index (χ4v) is 6.94. The zero-order valence-electron chi connectivity index (χ0n) is 21.1. The highest BCUT2D eigenvalue weighted by Crippen LogP contribution is 2.39. The molecular weight excluding hydrogens is 488 g/mol. The molecule has 0 saturated carbocycles. The standard InChI is InChI=1S/C27H30N6O3S/c1-18-3-6-22(7-4-18)29-27-28-19(2)15-24(30-27)31-11-13-32(14-12-31)37(35,36)23-16-20-5-8-25(34)33-10-9-21(17-23)26(20)33/h3-4,6-7,15-17H,5,8-14H2,1-2H3,(H,28,29,30). The number of hydrogen-bond donors (Lipinski definition) is 1. The van der Waals surface area contributed by atoms with Crippen LogP contribution in [0.4, 0.5) is 23.1 Å². The van der Waals surface area contributed by atoms with Crippen LogP contribution in [0.2, 0.25) is 0 Å². The molecule has 192 valence electrons. The van der Waals surface area contributed by atoms with Gasteiger partial charge in [0.1, 0.15) is 5.82 Å². The van der Waals surface area contributed by atoms with E-state index in [0.29, 0.717) is 62.8 Å². The van der Waals surface area contributed by atoms with Crippen LogP contribution in [0.15, 0.2) is 47.4 Å². The summed E-state index contributed by atoms with van der Waals surface area (Å²) in [6.07, 6.45) is 1.74. The Morgan fingerprint density at radius 3 is 2.27 bits per heavy atom. The van der Waals surface area contributed by atoms with Crippen LogP contribution in [0.5, 0.6) is 0 Å². The molecule has 0 bridgehead atoms. The van der Waals surface area contributed by atoms with E-state index in [9.17, 15) is 13.2 Å². The van der Waals surface area contributed by atoms with E-state index in [1.54, 1.807) is 16.4 Å². The van der Waals surface area contributed by atoms with Crippen molar-refractivity contribution in [2.75, 3.05) is 47.8 Å². The quantitative estimate of drug-likeness (QED) is 0.554. The number of carbonyl (C=O) groups is 1. The highest BCUT2D eigenvalue weighted by Gasteiger charge is 2.35. The number of nitrogens with one attached hydrogen (secondary N) is 1. The van der Waals surface area contributed by atoms with E-state index in [2.05, 4.69) is 15.2 Å². The summed E-state index contributed by atoms with van der Waals surface area (Å²) >= 11 is 0. The Labute approximate surface area is 217 Å². The van der Waals surface area contributed by atoms with Gasteiger partial charge in [-0.05, 0) is 62.1 Å². The van der Waals surface area contributed by atoms with Crippen LogP contribution >= 0.6 is 0 Å². The molecule has 6 rings (SSSR count). The van der Waals surface area contributed by atoms with Crippen LogP contribution in [-0.4, -0.2) is 61.3 Å². The Bertz CT molecular complexity index is 1480. The van der Waals surface area contributed by atoms with Gasteiger partial charge in [-0.25, -0.2) is 13.4 Å². The molecule has 37 heavy (non-hydrogen) atoms. The Hall–Kier alpha value is -3.50. The molecule has 3 aromatic rings. The van der Waals surface area contributed by atoms with E-state index in [0.717, 1.165) is 34.0 Å². The maximum atomic E-state index is 13.6. The molecule has 4 heterocycles. The molecule has 2 aromatic carbocycles. The third-order valence-electron chi connectivity index (χ3n) is 7.37. The molecule has 10 heteroatoms. The minimum Gasteiger partial charge on any atom is -0.354 e. The highest BCUT2D eigenvalue weighted by atomic mass is 32.2. The van der Waals surface area contributed by atoms with Crippen molar-refractivity contribution in [1.82, 2.24) is 14.3 Å². The number of rotatable bonds is 5. The first-order valence-electron chi connectivity index (χ1n) is 12.7. The van der Waals surface area contributed by atoms with E-state index >= 15 is 0 Å². The topological polar surface area (TPSA) is 98.7 Å². The molecule has 1 aromatic heterocycles. The molecule has 3 aliphatic heterocycles. The lowest BCUT2D eigenvalue weighted by atomic mass is 10.00. The summed E-state index contributed by atoms with van der Waals surface area (Å²) in [6, 6.07) is 13.5. The molecule has 1 amide bonds. The van der Waals surface area contributed by atoms with Crippen molar-refractivity contribution in [3.05, 3.63) is 64.8 Å². The second kappa shape index (κ2) is 9.11. The second-order valence-electron chi connectivity index (χ2n) is 9.96. The number of sulfonamides is 1. The maximum absolute atomic E-state index is 13.6. The summed E-state index contributed by atoms with van der Waals surface area (Å²) < 4.78 is 28.7. The number of piperazine rings is 1. The number of hydrogen-bond acceptors (Lipinski definition) is 7. The molecule has 0 atom stereocenters. The second-order valence-corrected chi connectivity index (χ2v) is 11.9. The number of benzene rings is 2. The molecule has 1 saturated heterocycles. The van der Waals surface area contributed by atoms with Gasteiger partial charge in [-0.1, -0.05) is 17.7 Å². The monoisotopic (exact) mass is 518 g/mol. The van der Waals surface area contributed by atoms with Gasteiger partial charge in [-0.15, -0.1) is 0 Å². The summed E-state index contributed by atoms with van der Waals surface area (Å²) in [5.74, 6) is 1.44. The first-order chi connectivity index (χ1) is 17.8. The number of nitrogens with zero attached hydrogens (tertiary/aromatic N) is 5. The molecule has 0 unspecified atom stereocenters. The molecule has 1 fully saturated rings. The summed E-state index contributed by atoms with van der Waals surface area (Å²) in [7, 11) is -3.63. The van der Waals surface area contributed by atoms with Gasteiger partial charge >= 0.3 is 0 Å². The van der Waals surface area contributed by atoms with Gasteiger partial charge in [-0.3, -0.25) is 4.79 Å². The maximum Gasteiger partial charge on any atom is 0.243 e. The van der Waals surface area contributed by atoms with Gasteiger partial charge in [0.15, 0.2) is 0 Å². The van der Waals surface area contributed by atoms with Gasteiger partial charge in [0.2, 0.25) is 21.9 Å². The number of aromatic nitrogens is 2. The summed E-state index contributed by atoms with van der Waals surface area (Å²) in [5, 5.41) is 3.27. The van der Waals surface area contributed by atoms with E-state index in [1.807, 2.05) is 49.1 Å². The third kappa shape index (κ3) is 4.44.